The minimum atomic E-state index is -0.776. The zero-order valence-corrected chi connectivity index (χ0v) is 17.2. The third-order valence-electron chi connectivity index (χ3n) is 5.06. The molecule has 0 radical (unpaired) electrons. The number of nitrogens with zero attached hydrogens (tertiary/aromatic N) is 3. The molecule has 3 aromatic rings. The van der Waals surface area contributed by atoms with Crippen LogP contribution in [0.2, 0.25) is 5.02 Å². The van der Waals surface area contributed by atoms with E-state index in [1.54, 1.807) is 6.20 Å². The number of ether oxygens (including phenoxy) is 1. The SMILES string of the molecule is O=C(O)CCN1CCc2nc(-c3ccc(OCc4cccc(Cl)c4)cc3)cnc2C1. The fourth-order valence-corrected chi connectivity index (χ4v) is 3.65. The van der Waals surface area contributed by atoms with Crippen molar-refractivity contribution in [3.63, 3.8) is 0 Å². The van der Waals surface area contributed by atoms with Gasteiger partial charge in [0.05, 0.1) is 29.7 Å². The third-order valence-corrected chi connectivity index (χ3v) is 5.29. The molecule has 1 N–H and O–H groups in total. The topological polar surface area (TPSA) is 75.5 Å². The van der Waals surface area contributed by atoms with Gasteiger partial charge in [0.25, 0.3) is 0 Å². The van der Waals surface area contributed by atoms with Crippen molar-refractivity contribution in [3.8, 4) is 17.0 Å². The van der Waals surface area contributed by atoms with Gasteiger partial charge in [-0.15, -0.1) is 0 Å². The molecular formula is C23H22ClN3O3. The normalized spacial score (nSPS) is 13.6. The number of halogens is 1. The monoisotopic (exact) mass is 423 g/mol. The molecule has 0 saturated heterocycles. The van der Waals surface area contributed by atoms with Crippen molar-refractivity contribution in [2.24, 2.45) is 0 Å². The number of benzene rings is 2. The summed E-state index contributed by atoms with van der Waals surface area (Å²) in [5.41, 5.74) is 4.74. The second-order valence-electron chi connectivity index (χ2n) is 7.26. The van der Waals surface area contributed by atoms with Gasteiger partial charge in [0, 0.05) is 36.6 Å². The lowest BCUT2D eigenvalue weighted by molar-refractivity contribution is -0.137. The van der Waals surface area contributed by atoms with Crippen molar-refractivity contribution in [1.29, 1.82) is 0 Å². The summed E-state index contributed by atoms with van der Waals surface area (Å²) < 4.78 is 5.84. The van der Waals surface area contributed by atoms with Crippen LogP contribution in [0.15, 0.2) is 54.7 Å². The first-order valence-electron chi connectivity index (χ1n) is 9.83. The number of carboxylic acids is 1. The first kappa shape index (κ1) is 20.3. The van der Waals surface area contributed by atoms with Crippen LogP contribution in [0.5, 0.6) is 5.75 Å². The van der Waals surface area contributed by atoms with E-state index in [2.05, 4.69) is 9.88 Å². The smallest absolute Gasteiger partial charge is 0.304 e. The van der Waals surface area contributed by atoms with Gasteiger partial charge in [-0.3, -0.25) is 14.7 Å². The number of fused-ring (bicyclic) bond motifs is 1. The van der Waals surface area contributed by atoms with E-state index in [-0.39, 0.29) is 6.42 Å². The zero-order chi connectivity index (χ0) is 20.9. The summed E-state index contributed by atoms with van der Waals surface area (Å²) in [6.07, 6.45) is 2.70. The van der Waals surface area contributed by atoms with Crippen molar-refractivity contribution >= 4 is 17.6 Å². The molecule has 0 saturated carbocycles. The summed E-state index contributed by atoms with van der Waals surface area (Å²) >= 11 is 6.01. The Morgan fingerprint density at radius 1 is 1.17 bits per heavy atom. The van der Waals surface area contributed by atoms with E-state index in [1.807, 2.05) is 48.5 Å². The number of rotatable bonds is 7. The van der Waals surface area contributed by atoms with Crippen LogP contribution in [-0.4, -0.2) is 39.0 Å². The summed E-state index contributed by atoms with van der Waals surface area (Å²) in [7, 11) is 0. The van der Waals surface area contributed by atoms with Gasteiger partial charge in [0.15, 0.2) is 0 Å². The quantitative estimate of drug-likeness (QED) is 0.613. The molecular weight excluding hydrogens is 402 g/mol. The molecule has 7 heteroatoms. The van der Waals surface area contributed by atoms with Crippen LogP contribution in [0.1, 0.15) is 23.4 Å². The maximum absolute atomic E-state index is 10.8. The maximum Gasteiger partial charge on any atom is 0.304 e. The van der Waals surface area contributed by atoms with Gasteiger partial charge in [-0.05, 0) is 42.0 Å². The molecule has 1 aromatic heterocycles. The summed E-state index contributed by atoms with van der Waals surface area (Å²) in [6, 6.07) is 15.4. The Morgan fingerprint density at radius 2 is 2.00 bits per heavy atom. The van der Waals surface area contributed by atoms with Crippen LogP contribution < -0.4 is 4.74 Å². The molecule has 2 heterocycles. The number of carbonyl (C=O) groups is 1. The Balaban J connectivity index is 1.39. The Morgan fingerprint density at radius 3 is 2.77 bits per heavy atom. The lowest BCUT2D eigenvalue weighted by Crippen LogP contribution is -2.33. The number of hydrogen-bond acceptors (Lipinski definition) is 5. The first-order chi connectivity index (χ1) is 14.6. The van der Waals surface area contributed by atoms with Gasteiger partial charge in [0.1, 0.15) is 12.4 Å². The number of hydrogen-bond donors (Lipinski definition) is 1. The molecule has 1 aliphatic heterocycles. The highest BCUT2D eigenvalue weighted by atomic mass is 35.5. The van der Waals surface area contributed by atoms with E-state index >= 15 is 0 Å². The average Bonchev–Trinajstić information content (AvgIpc) is 2.76. The van der Waals surface area contributed by atoms with Gasteiger partial charge in [-0.25, -0.2) is 4.98 Å². The molecule has 2 aromatic carbocycles. The minimum absolute atomic E-state index is 0.145. The van der Waals surface area contributed by atoms with Crippen LogP contribution in [-0.2, 0) is 24.4 Å². The number of aromatic nitrogens is 2. The van der Waals surface area contributed by atoms with E-state index in [1.165, 1.54) is 0 Å². The van der Waals surface area contributed by atoms with Crippen molar-refractivity contribution in [1.82, 2.24) is 14.9 Å². The summed E-state index contributed by atoms with van der Waals surface area (Å²) in [6.45, 7) is 2.44. The Hall–Kier alpha value is -2.96. The van der Waals surface area contributed by atoms with Crippen molar-refractivity contribution < 1.29 is 14.6 Å². The molecule has 0 spiro atoms. The molecule has 1 aliphatic rings. The molecule has 0 bridgehead atoms. The van der Waals surface area contributed by atoms with Gasteiger partial charge in [-0.2, -0.15) is 0 Å². The van der Waals surface area contributed by atoms with E-state index in [9.17, 15) is 4.79 Å². The van der Waals surface area contributed by atoms with Crippen molar-refractivity contribution in [3.05, 3.63) is 76.7 Å². The fraction of sp³-hybridized carbons (Fsp3) is 0.261. The van der Waals surface area contributed by atoms with E-state index in [4.69, 9.17) is 26.4 Å². The molecule has 0 unspecified atom stereocenters. The summed E-state index contributed by atoms with van der Waals surface area (Å²) in [5, 5.41) is 9.55. The molecule has 6 nitrogen and oxygen atoms in total. The molecule has 0 atom stereocenters. The maximum atomic E-state index is 10.8. The van der Waals surface area contributed by atoms with Gasteiger partial charge >= 0.3 is 5.97 Å². The number of carboxylic acid groups (broad SMARTS) is 1. The number of aliphatic carboxylic acids is 1. The highest BCUT2D eigenvalue weighted by molar-refractivity contribution is 6.30. The van der Waals surface area contributed by atoms with Crippen molar-refractivity contribution in [2.45, 2.75) is 26.0 Å². The van der Waals surface area contributed by atoms with E-state index in [0.29, 0.717) is 24.7 Å². The molecule has 0 amide bonds. The zero-order valence-electron chi connectivity index (χ0n) is 16.4. The van der Waals surface area contributed by atoms with E-state index in [0.717, 1.165) is 46.9 Å². The van der Waals surface area contributed by atoms with Crippen LogP contribution in [0.25, 0.3) is 11.3 Å². The molecule has 30 heavy (non-hydrogen) atoms. The second kappa shape index (κ2) is 9.24. The average molecular weight is 424 g/mol. The van der Waals surface area contributed by atoms with Crippen LogP contribution >= 0.6 is 11.6 Å². The lowest BCUT2D eigenvalue weighted by Gasteiger charge is -2.26. The van der Waals surface area contributed by atoms with E-state index < -0.39 is 5.97 Å². The molecule has 4 rings (SSSR count). The largest absolute Gasteiger partial charge is 0.489 e. The van der Waals surface area contributed by atoms with Crippen molar-refractivity contribution in [2.75, 3.05) is 13.1 Å². The lowest BCUT2D eigenvalue weighted by atomic mass is 10.1. The molecule has 154 valence electrons. The van der Waals surface area contributed by atoms with Crippen LogP contribution in [0.3, 0.4) is 0 Å². The third kappa shape index (κ3) is 5.14. The Kier molecular flexibility index (Phi) is 6.26. The van der Waals surface area contributed by atoms with Gasteiger partial charge < -0.3 is 9.84 Å². The summed E-state index contributed by atoms with van der Waals surface area (Å²) in [4.78, 5) is 22.2. The molecule has 0 fully saturated rings. The highest BCUT2D eigenvalue weighted by Gasteiger charge is 2.19. The minimum Gasteiger partial charge on any atom is -0.489 e. The Bertz CT molecular complexity index is 1040. The second-order valence-corrected chi connectivity index (χ2v) is 7.70. The predicted molar refractivity (Wildman–Crippen MR) is 114 cm³/mol. The standard InChI is InChI=1S/C23H22ClN3O3/c24-18-3-1-2-16(12-18)15-30-19-6-4-17(5-7-19)21-13-25-22-14-27(11-9-23(28)29)10-8-20(22)26-21/h1-7,12-13H,8-11,14-15H2,(H,28,29). The Labute approximate surface area is 180 Å². The molecule has 0 aliphatic carbocycles. The highest BCUT2D eigenvalue weighted by Crippen LogP contribution is 2.24. The van der Waals surface area contributed by atoms with Crippen LogP contribution in [0, 0.1) is 0 Å². The predicted octanol–water partition coefficient (Wildman–Crippen LogP) is 4.21. The van der Waals surface area contributed by atoms with Gasteiger partial charge in [0.2, 0.25) is 0 Å². The summed E-state index contributed by atoms with van der Waals surface area (Å²) in [5.74, 6) is 0.000870. The van der Waals surface area contributed by atoms with Gasteiger partial charge in [-0.1, -0.05) is 23.7 Å². The first-order valence-corrected chi connectivity index (χ1v) is 10.2. The van der Waals surface area contributed by atoms with Crippen LogP contribution in [0.4, 0.5) is 0 Å². The fourth-order valence-electron chi connectivity index (χ4n) is 3.44.